The van der Waals surface area contributed by atoms with Crippen LogP contribution >= 0.6 is 0 Å². The van der Waals surface area contributed by atoms with Gasteiger partial charge in [-0.1, -0.05) is 95.9 Å². The van der Waals surface area contributed by atoms with Crippen molar-refractivity contribution in [3.8, 4) is 0 Å². The average Bonchev–Trinajstić information content (AvgIpc) is 3.26. The molecule has 0 radical (unpaired) electrons. The van der Waals surface area contributed by atoms with Crippen LogP contribution in [0.5, 0.6) is 0 Å². The molecule has 3 saturated carbocycles. The van der Waals surface area contributed by atoms with Crippen molar-refractivity contribution in [3.63, 3.8) is 0 Å². The van der Waals surface area contributed by atoms with Crippen molar-refractivity contribution in [2.45, 2.75) is 111 Å². The van der Waals surface area contributed by atoms with E-state index in [1.165, 1.54) is 50.5 Å². The van der Waals surface area contributed by atoms with E-state index >= 15 is 0 Å². The van der Waals surface area contributed by atoms with Crippen LogP contribution in [0, 0.1) is 46.3 Å². The number of rotatable bonds is 8. The molecule has 1 N–H and O–H groups in total. The summed E-state index contributed by atoms with van der Waals surface area (Å²) in [5.74, 6) is 4.07. The maximum atomic E-state index is 13.0. The Morgan fingerprint density at radius 1 is 1.08 bits per heavy atom. The molecule has 3 fully saturated rings. The molecular weight excluding hydrogens is 480 g/mol. The fourth-order valence-corrected chi connectivity index (χ4v) is 9.78. The Hall–Kier alpha value is -1.87. The summed E-state index contributed by atoms with van der Waals surface area (Å²) < 4.78 is 6.24. The Kier molecular flexibility index (Phi) is 8.49. The van der Waals surface area contributed by atoms with E-state index < -0.39 is 6.10 Å². The summed E-state index contributed by atoms with van der Waals surface area (Å²) in [7, 11) is 0. The van der Waals surface area contributed by atoms with Gasteiger partial charge in [-0.15, -0.1) is 0 Å². The number of aliphatic hydroxyl groups excluding tert-OH is 1. The summed E-state index contributed by atoms with van der Waals surface area (Å²) in [6.07, 6.45) is 16.8. The van der Waals surface area contributed by atoms with E-state index in [9.17, 15) is 9.90 Å². The normalized spacial score (nSPS) is 38.6. The minimum atomic E-state index is -0.437. The first-order chi connectivity index (χ1) is 18.6. The smallest absolute Gasteiger partial charge is 0.331 e. The minimum Gasteiger partial charge on any atom is -0.458 e. The standard InChI is InChI=1S/C36H52O3/c1-24(2)10-9-11-25(3)30-17-18-31-29-16-15-27-22-28(37)23-33(36(27,5)32(29)20-21-35(30,31)4)39-34(38)19-14-26-12-7-6-8-13-26/h6-8,12-15,19,24-25,28-33,37H,9-11,16-18,20-23H2,1-5H3/b19-14+/t25-,28-,29+,30-,31+,32+,33?,35-,36+/m1/s1. The van der Waals surface area contributed by atoms with Crippen molar-refractivity contribution < 1.29 is 14.6 Å². The van der Waals surface area contributed by atoms with Gasteiger partial charge in [-0.05, 0) is 91.1 Å². The summed E-state index contributed by atoms with van der Waals surface area (Å²) in [6, 6.07) is 9.89. The predicted molar refractivity (Wildman–Crippen MR) is 160 cm³/mol. The molecule has 0 aromatic heterocycles. The van der Waals surface area contributed by atoms with Crippen molar-refractivity contribution >= 4 is 12.0 Å². The molecule has 3 heteroatoms. The maximum Gasteiger partial charge on any atom is 0.331 e. The fraction of sp³-hybridized carbons (Fsp3) is 0.694. The molecule has 214 valence electrons. The van der Waals surface area contributed by atoms with Gasteiger partial charge in [0.2, 0.25) is 0 Å². The molecule has 1 aromatic rings. The quantitative estimate of drug-likeness (QED) is 0.207. The van der Waals surface area contributed by atoms with Gasteiger partial charge < -0.3 is 9.84 Å². The first kappa shape index (κ1) is 28.7. The monoisotopic (exact) mass is 532 g/mol. The molecule has 5 rings (SSSR count). The number of hydrogen-bond donors (Lipinski definition) is 1. The highest BCUT2D eigenvalue weighted by Gasteiger charge is 2.61. The molecule has 4 aliphatic carbocycles. The molecular formula is C36H52O3. The van der Waals surface area contributed by atoms with Crippen LogP contribution in [0.4, 0.5) is 0 Å². The topological polar surface area (TPSA) is 46.5 Å². The van der Waals surface area contributed by atoms with Crippen LogP contribution in [-0.4, -0.2) is 23.3 Å². The first-order valence-electron chi connectivity index (χ1n) is 15.9. The lowest BCUT2D eigenvalue weighted by atomic mass is 9.46. The van der Waals surface area contributed by atoms with E-state index in [0.717, 1.165) is 42.1 Å². The second-order valence-corrected chi connectivity index (χ2v) is 14.4. The molecule has 0 amide bonds. The minimum absolute atomic E-state index is 0.180. The van der Waals surface area contributed by atoms with E-state index in [0.29, 0.717) is 23.7 Å². The lowest BCUT2D eigenvalue weighted by Gasteiger charge is -2.60. The number of esters is 1. The van der Waals surface area contributed by atoms with Crippen LogP contribution in [0.15, 0.2) is 48.1 Å². The fourth-order valence-electron chi connectivity index (χ4n) is 9.78. The number of fused-ring (bicyclic) bond motifs is 5. The highest BCUT2D eigenvalue weighted by atomic mass is 16.5. The summed E-state index contributed by atoms with van der Waals surface area (Å²) in [5, 5.41) is 10.8. The zero-order valence-corrected chi connectivity index (χ0v) is 25.1. The Labute approximate surface area is 237 Å². The van der Waals surface area contributed by atoms with Gasteiger partial charge in [0.1, 0.15) is 6.10 Å². The second kappa shape index (κ2) is 11.6. The van der Waals surface area contributed by atoms with Gasteiger partial charge in [-0.2, -0.15) is 0 Å². The number of benzene rings is 1. The number of carbonyl (C=O) groups is 1. The van der Waals surface area contributed by atoms with Gasteiger partial charge in [0.15, 0.2) is 0 Å². The third-order valence-corrected chi connectivity index (χ3v) is 11.8. The Balaban J connectivity index is 1.33. The van der Waals surface area contributed by atoms with Crippen LogP contribution in [0.3, 0.4) is 0 Å². The summed E-state index contributed by atoms with van der Waals surface area (Å²) in [5.41, 5.74) is 2.58. The Bertz CT molecular complexity index is 1060. The molecule has 0 aliphatic heterocycles. The Morgan fingerprint density at radius 3 is 2.59 bits per heavy atom. The van der Waals surface area contributed by atoms with Gasteiger partial charge in [0.25, 0.3) is 0 Å². The largest absolute Gasteiger partial charge is 0.458 e. The maximum absolute atomic E-state index is 13.0. The number of ether oxygens (including phenoxy) is 1. The molecule has 3 nitrogen and oxygen atoms in total. The molecule has 0 bridgehead atoms. The van der Waals surface area contributed by atoms with Crippen LogP contribution in [0.2, 0.25) is 0 Å². The molecule has 39 heavy (non-hydrogen) atoms. The van der Waals surface area contributed by atoms with Crippen molar-refractivity contribution in [2.24, 2.45) is 46.3 Å². The van der Waals surface area contributed by atoms with Gasteiger partial charge in [0, 0.05) is 17.9 Å². The number of carbonyl (C=O) groups excluding carboxylic acids is 1. The average molecular weight is 533 g/mol. The second-order valence-electron chi connectivity index (χ2n) is 14.4. The van der Waals surface area contributed by atoms with Gasteiger partial charge >= 0.3 is 5.97 Å². The van der Waals surface area contributed by atoms with E-state index in [1.807, 2.05) is 36.4 Å². The highest BCUT2D eigenvalue weighted by Crippen LogP contribution is 2.67. The highest BCUT2D eigenvalue weighted by molar-refractivity contribution is 5.87. The summed E-state index contributed by atoms with van der Waals surface area (Å²) in [6.45, 7) is 12.2. The SMILES string of the molecule is CC(C)CCC[C@@H](C)[C@H]1CC[C@H]2[C@@H]3CC=C4C[C@@H](O)CC(OC(=O)/C=C/c5ccccc5)[C@]4(C)[C@H]3CC[C@]12C. The molecule has 0 spiro atoms. The van der Waals surface area contributed by atoms with E-state index in [4.69, 9.17) is 4.74 Å². The number of aliphatic hydroxyl groups is 1. The summed E-state index contributed by atoms with van der Waals surface area (Å²) in [4.78, 5) is 13.0. The predicted octanol–water partition coefficient (Wildman–Crippen LogP) is 8.62. The summed E-state index contributed by atoms with van der Waals surface area (Å²) >= 11 is 0. The zero-order chi connectivity index (χ0) is 27.8. The van der Waals surface area contributed by atoms with E-state index in [2.05, 4.69) is 40.7 Å². The van der Waals surface area contributed by atoms with Crippen LogP contribution < -0.4 is 0 Å². The van der Waals surface area contributed by atoms with Gasteiger partial charge in [0.05, 0.1) is 6.10 Å². The first-order valence-corrected chi connectivity index (χ1v) is 15.9. The molecule has 0 saturated heterocycles. The van der Waals surface area contributed by atoms with Crippen LogP contribution in [0.1, 0.15) is 104 Å². The van der Waals surface area contributed by atoms with Crippen molar-refractivity contribution in [2.75, 3.05) is 0 Å². The zero-order valence-electron chi connectivity index (χ0n) is 25.1. The van der Waals surface area contributed by atoms with E-state index in [-0.39, 0.29) is 17.5 Å². The Morgan fingerprint density at radius 2 is 1.85 bits per heavy atom. The van der Waals surface area contributed by atoms with E-state index in [1.54, 1.807) is 6.08 Å². The number of allylic oxidation sites excluding steroid dienone is 1. The number of hydrogen-bond acceptors (Lipinski definition) is 3. The van der Waals surface area contributed by atoms with Crippen LogP contribution in [0.25, 0.3) is 6.08 Å². The molecule has 1 aromatic carbocycles. The molecule has 9 atom stereocenters. The molecule has 4 aliphatic rings. The van der Waals surface area contributed by atoms with Crippen molar-refractivity contribution in [1.82, 2.24) is 0 Å². The lowest BCUT2D eigenvalue weighted by Crippen LogP contribution is -2.56. The third-order valence-electron chi connectivity index (χ3n) is 11.8. The van der Waals surface area contributed by atoms with Crippen molar-refractivity contribution in [1.29, 1.82) is 0 Å². The van der Waals surface area contributed by atoms with Gasteiger partial charge in [-0.25, -0.2) is 4.79 Å². The third kappa shape index (κ3) is 5.54. The molecule has 1 unspecified atom stereocenters. The molecule has 0 heterocycles. The van der Waals surface area contributed by atoms with Crippen molar-refractivity contribution in [3.05, 3.63) is 53.6 Å². The lowest BCUT2D eigenvalue weighted by molar-refractivity contribution is -0.163. The van der Waals surface area contributed by atoms with Gasteiger partial charge in [-0.3, -0.25) is 0 Å². The van der Waals surface area contributed by atoms with Crippen LogP contribution in [-0.2, 0) is 9.53 Å².